The highest BCUT2D eigenvalue weighted by atomic mass is 32.2. The molecule has 4 heteroatoms. The topological polar surface area (TPSA) is 18.5 Å². The zero-order chi connectivity index (χ0) is 10.8. The predicted octanol–water partition coefficient (Wildman–Crippen LogP) is 1.13. The summed E-state index contributed by atoms with van der Waals surface area (Å²) in [5.41, 5.74) is 0. The van der Waals surface area contributed by atoms with E-state index in [1.165, 1.54) is 38.2 Å². The normalized spacial score (nSPS) is 11.6. The van der Waals surface area contributed by atoms with Crippen molar-refractivity contribution in [2.24, 2.45) is 0 Å². The molecule has 0 heterocycles. The molecular weight excluding hydrogens is 194 g/mol. The van der Waals surface area contributed by atoms with Crippen molar-refractivity contribution in [3.63, 3.8) is 0 Å². The van der Waals surface area contributed by atoms with E-state index in [9.17, 15) is 0 Å². The zero-order valence-electron chi connectivity index (χ0n) is 10.0. The van der Waals surface area contributed by atoms with E-state index in [-0.39, 0.29) is 0 Å². The fraction of sp³-hybridized carbons (Fsp3) is 1.00. The Hall–Kier alpha value is 0.230. The monoisotopic (exact) mass is 219 g/mol. The van der Waals surface area contributed by atoms with Crippen molar-refractivity contribution in [3.05, 3.63) is 0 Å². The minimum Gasteiger partial charge on any atom is -0.309 e. The predicted molar refractivity (Wildman–Crippen MR) is 66.8 cm³/mol. The molecule has 0 aliphatic heterocycles. The molecule has 0 bridgehead atoms. The molecule has 0 aromatic carbocycles. The molecular formula is C10H25N3S. The van der Waals surface area contributed by atoms with E-state index in [0.29, 0.717) is 0 Å². The van der Waals surface area contributed by atoms with E-state index in [1.807, 2.05) is 7.05 Å². The van der Waals surface area contributed by atoms with Crippen LogP contribution in [0.2, 0.25) is 0 Å². The summed E-state index contributed by atoms with van der Waals surface area (Å²) in [6.45, 7) is 3.61. The first-order chi connectivity index (χ1) is 6.66. The first kappa shape index (κ1) is 14.2. The molecule has 3 nitrogen and oxygen atoms in total. The minimum absolute atomic E-state index is 1.19. The molecule has 0 fully saturated rings. The summed E-state index contributed by atoms with van der Waals surface area (Å²) in [5.74, 6) is 1.20. The third kappa shape index (κ3) is 10.3. The van der Waals surface area contributed by atoms with Gasteiger partial charge in [-0.2, -0.15) is 0 Å². The highest BCUT2D eigenvalue weighted by Crippen LogP contribution is 1.97. The first-order valence-corrected chi connectivity index (χ1v) is 6.27. The maximum absolute atomic E-state index is 3.09. The van der Waals surface area contributed by atoms with Crippen molar-refractivity contribution in [1.29, 1.82) is 0 Å². The number of nitrogens with one attached hydrogen (secondary N) is 1. The summed E-state index contributed by atoms with van der Waals surface area (Å²) in [6.07, 6.45) is 2.53. The van der Waals surface area contributed by atoms with Crippen LogP contribution in [0.3, 0.4) is 0 Å². The van der Waals surface area contributed by atoms with E-state index < -0.39 is 0 Å². The lowest BCUT2D eigenvalue weighted by molar-refractivity contribution is 0.301. The molecule has 0 unspecified atom stereocenters. The quantitative estimate of drug-likeness (QED) is 0.463. The molecule has 0 aromatic heterocycles. The van der Waals surface area contributed by atoms with E-state index in [2.05, 4.69) is 35.7 Å². The smallest absolute Gasteiger partial charge is 0.00907 e. The van der Waals surface area contributed by atoms with Crippen molar-refractivity contribution < 1.29 is 0 Å². The minimum atomic E-state index is 1.19. The maximum Gasteiger partial charge on any atom is 0.00907 e. The van der Waals surface area contributed by atoms with Gasteiger partial charge in [0, 0.05) is 5.75 Å². The maximum atomic E-state index is 3.09. The first-order valence-electron chi connectivity index (χ1n) is 5.28. The van der Waals surface area contributed by atoms with Crippen molar-refractivity contribution in [3.8, 4) is 0 Å². The Bertz CT molecular complexity index is 120. The largest absolute Gasteiger partial charge is 0.309 e. The van der Waals surface area contributed by atoms with Gasteiger partial charge in [0.25, 0.3) is 0 Å². The molecule has 0 aromatic rings. The third-order valence-corrected chi connectivity index (χ3v) is 2.86. The van der Waals surface area contributed by atoms with Gasteiger partial charge in [0.1, 0.15) is 0 Å². The zero-order valence-corrected chi connectivity index (χ0v) is 10.9. The molecule has 0 amide bonds. The third-order valence-electron chi connectivity index (χ3n) is 2.08. The Balaban J connectivity index is 3.15. The average Bonchev–Trinajstić information content (AvgIpc) is 2.12. The Morgan fingerprint density at radius 2 is 1.64 bits per heavy atom. The molecule has 1 N–H and O–H groups in total. The molecule has 86 valence electrons. The van der Waals surface area contributed by atoms with Crippen LogP contribution in [-0.2, 0) is 0 Å². The molecule has 0 rings (SSSR count). The molecule has 0 spiro atoms. The highest BCUT2D eigenvalue weighted by Gasteiger charge is 1.98. The summed E-state index contributed by atoms with van der Waals surface area (Å²) < 4.78 is 3.09. The number of nitrogens with zero attached hydrogens (tertiary/aromatic N) is 2. The van der Waals surface area contributed by atoms with Crippen LogP contribution in [-0.4, -0.2) is 63.4 Å². The molecule has 14 heavy (non-hydrogen) atoms. The van der Waals surface area contributed by atoms with Gasteiger partial charge >= 0.3 is 0 Å². The number of hydrogen-bond acceptors (Lipinski definition) is 4. The Labute approximate surface area is 93.4 Å². The van der Waals surface area contributed by atoms with Gasteiger partial charge in [-0.25, -0.2) is 0 Å². The van der Waals surface area contributed by atoms with E-state index in [1.54, 1.807) is 11.9 Å². The van der Waals surface area contributed by atoms with Gasteiger partial charge < -0.3 is 9.80 Å². The van der Waals surface area contributed by atoms with Gasteiger partial charge in [0.2, 0.25) is 0 Å². The summed E-state index contributed by atoms with van der Waals surface area (Å²) in [4.78, 5) is 4.66. The highest BCUT2D eigenvalue weighted by molar-refractivity contribution is 7.97. The molecule has 0 atom stereocenters. The lowest BCUT2D eigenvalue weighted by Crippen LogP contribution is -2.25. The summed E-state index contributed by atoms with van der Waals surface area (Å²) in [7, 11) is 8.44. The van der Waals surface area contributed by atoms with Gasteiger partial charge in [-0.3, -0.25) is 4.72 Å². The molecule has 0 aliphatic rings. The second kappa shape index (κ2) is 9.77. The van der Waals surface area contributed by atoms with Crippen LogP contribution in [0.15, 0.2) is 0 Å². The van der Waals surface area contributed by atoms with Crippen molar-refractivity contribution >= 4 is 11.9 Å². The molecule has 0 saturated carbocycles. The second-order valence-electron chi connectivity index (χ2n) is 3.87. The van der Waals surface area contributed by atoms with Gasteiger partial charge in [-0.05, 0) is 60.7 Å². The lowest BCUT2D eigenvalue weighted by atomic mass is 10.3. The summed E-state index contributed by atoms with van der Waals surface area (Å²) in [6, 6.07) is 0. The molecule has 0 radical (unpaired) electrons. The summed E-state index contributed by atoms with van der Waals surface area (Å²) >= 11 is 1.79. The van der Waals surface area contributed by atoms with Gasteiger partial charge in [0.05, 0.1) is 0 Å². The van der Waals surface area contributed by atoms with Crippen LogP contribution < -0.4 is 4.72 Å². The fourth-order valence-electron chi connectivity index (χ4n) is 1.28. The van der Waals surface area contributed by atoms with Gasteiger partial charge in [-0.15, -0.1) is 0 Å². The average molecular weight is 219 g/mol. The van der Waals surface area contributed by atoms with Gasteiger partial charge in [0.15, 0.2) is 0 Å². The SMILES string of the molecule is CNSCCCN(C)CCCN(C)C. The second-order valence-corrected chi connectivity index (χ2v) is 4.97. The van der Waals surface area contributed by atoms with Crippen LogP contribution in [0.1, 0.15) is 12.8 Å². The Morgan fingerprint density at radius 3 is 2.21 bits per heavy atom. The van der Waals surface area contributed by atoms with E-state index in [0.717, 1.165) is 0 Å². The molecule has 0 aliphatic carbocycles. The van der Waals surface area contributed by atoms with E-state index in [4.69, 9.17) is 0 Å². The number of hydrogen-bond donors (Lipinski definition) is 1. The fourth-order valence-corrected chi connectivity index (χ4v) is 1.75. The van der Waals surface area contributed by atoms with Crippen LogP contribution in [0.4, 0.5) is 0 Å². The van der Waals surface area contributed by atoms with Crippen molar-refractivity contribution in [1.82, 2.24) is 14.5 Å². The number of rotatable bonds is 9. The van der Waals surface area contributed by atoms with Crippen LogP contribution in [0.25, 0.3) is 0 Å². The van der Waals surface area contributed by atoms with Crippen molar-refractivity contribution in [2.75, 3.05) is 53.6 Å². The standard InChI is InChI=1S/C10H25N3S/c1-11-14-10-6-9-13(4)8-5-7-12(2)3/h11H,5-10H2,1-4H3. The Kier molecular flexibility index (Phi) is 9.93. The van der Waals surface area contributed by atoms with Crippen LogP contribution in [0, 0.1) is 0 Å². The lowest BCUT2D eigenvalue weighted by Gasteiger charge is -2.17. The van der Waals surface area contributed by atoms with E-state index >= 15 is 0 Å². The Morgan fingerprint density at radius 1 is 1.00 bits per heavy atom. The van der Waals surface area contributed by atoms with Gasteiger partial charge in [-0.1, -0.05) is 11.9 Å². The van der Waals surface area contributed by atoms with Crippen LogP contribution >= 0.6 is 11.9 Å². The van der Waals surface area contributed by atoms with Crippen LogP contribution in [0.5, 0.6) is 0 Å². The van der Waals surface area contributed by atoms with Crippen molar-refractivity contribution in [2.45, 2.75) is 12.8 Å². The molecule has 0 saturated heterocycles. The summed E-state index contributed by atoms with van der Waals surface area (Å²) in [5, 5.41) is 0.